The number of likely N-dealkylation sites (N-methyl/N-ethyl adjacent to an activating group) is 2. The van der Waals surface area contributed by atoms with E-state index in [1.807, 2.05) is 0 Å². The zero-order valence-corrected chi connectivity index (χ0v) is 12.5. The van der Waals surface area contributed by atoms with E-state index in [0.717, 1.165) is 19.6 Å². The van der Waals surface area contributed by atoms with E-state index in [1.54, 1.807) is 0 Å². The Balaban J connectivity index is 2.78. The van der Waals surface area contributed by atoms with Gasteiger partial charge in [-0.05, 0) is 24.6 Å². The lowest BCUT2D eigenvalue weighted by molar-refractivity contribution is 0.169. The average Bonchev–Trinajstić information content (AvgIpc) is 2.28. The van der Waals surface area contributed by atoms with Crippen LogP contribution in [0.2, 0.25) is 0 Å². The van der Waals surface area contributed by atoms with Crippen LogP contribution in [-0.4, -0.2) is 31.6 Å². The molecule has 1 N–H and O–H groups in total. The fraction of sp³-hybridized carbons (Fsp3) is 0.625. The minimum atomic E-state index is 0.327. The Labute approximate surface area is 112 Å². The van der Waals surface area contributed by atoms with Crippen molar-refractivity contribution in [3.05, 3.63) is 35.9 Å². The van der Waals surface area contributed by atoms with Crippen molar-refractivity contribution in [3.8, 4) is 0 Å². The summed E-state index contributed by atoms with van der Waals surface area (Å²) in [5.41, 5.74) is 1.72. The molecule has 2 nitrogen and oxygen atoms in total. The predicted molar refractivity (Wildman–Crippen MR) is 79.8 cm³/mol. The summed E-state index contributed by atoms with van der Waals surface area (Å²) < 4.78 is 0. The molecule has 0 saturated carbocycles. The molecule has 0 amide bonds. The van der Waals surface area contributed by atoms with E-state index < -0.39 is 0 Å². The van der Waals surface area contributed by atoms with E-state index in [9.17, 15) is 0 Å². The van der Waals surface area contributed by atoms with Gasteiger partial charge in [0.2, 0.25) is 0 Å². The molecule has 0 bridgehead atoms. The highest BCUT2D eigenvalue weighted by Gasteiger charge is 2.21. The fourth-order valence-corrected chi connectivity index (χ4v) is 2.34. The zero-order chi connectivity index (χ0) is 13.6. The minimum absolute atomic E-state index is 0.327. The summed E-state index contributed by atoms with van der Waals surface area (Å²) in [6, 6.07) is 11.2. The standard InChI is InChI=1S/C16H28N2/c1-6-17-12-15(14-10-8-7-9-11-14)18(5)13-16(2,3)4/h7-11,15,17H,6,12-13H2,1-5H3. The molecule has 0 saturated heterocycles. The number of nitrogens with zero attached hydrogens (tertiary/aromatic N) is 1. The molecule has 0 heterocycles. The third-order valence-corrected chi connectivity index (χ3v) is 3.03. The van der Waals surface area contributed by atoms with Crippen molar-refractivity contribution in [3.63, 3.8) is 0 Å². The molecule has 1 aromatic carbocycles. The summed E-state index contributed by atoms with van der Waals surface area (Å²) >= 11 is 0. The maximum absolute atomic E-state index is 3.47. The summed E-state index contributed by atoms with van der Waals surface area (Å²) in [6.45, 7) is 12.2. The number of hydrogen-bond donors (Lipinski definition) is 1. The van der Waals surface area contributed by atoms with Gasteiger partial charge in [0.1, 0.15) is 0 Å². The Morgan fingerprint density at radius 1 is 1.17 bits per heavy atom. The van der Waals surface area contributed by atoms with Crippen LogP contribution < -0.4 is 5.32 Å². The quantitative estimate of drug-likeness (QED) is 0.831. The zero-order valence-electron chi connectivity index (χ0n) is 12.5. The minimum Gasteiger partial charge on any atom is -0.315 e. The molecule has 1 atom stereocenters. The van der Waals surface area contributed by atoms with Crippen LogP contribution in [0.4, 0.5) is 0 Å². The van der Waals surface area contributed by atoms with Crippen molar-refractivity contribution in [2.45, 2.75) is 33.7 Å². The van der Waals surface area contributed by atoms with Gasteiger partial charge in [-0.25, -0.2) is 0 Å². The molecule has 1 unspecified atom stereocenters. The highest BCUT2D eigenvalue weighted by Crippen LogP contribution is 2.23. The van der Waals surface area contributed by atoms with Crippen LogP contribution in [0.5, 0.6) is 0 Å². The Morgan fingerprint density at radius 3 is 2.28 bits per heavy atom. The second-order valence-corrected chi connectivity index (χ2v) is 6.21. The molecular weight excluding hydrogens is 220 g/mol. The highest BCUT2D eigenvalue weighted by atomic mass is 15.2. The first-order chi connectivity index (χ1) is 8.44. The van der Waals surface area contributed by atoms with E-state index in [1.165, 1.54) is 5.56 Å². The molecule has 0 fully saturated rings. The van der Waals surface area contributed by atoms with Crippen molar-refractivity contribution in [1.82, 2.24) is 10.2 Å². The molecule has 1 rings (SSSR count). The van der Waals surface area contributed by atoms with E-state index in [-0.39, 0.29) is 0 Å². The van der Waals surface area contributed by atoms with Gasteiger partial charge >= 0.3 is 0 Å². The first-order valence-corrected chi connectivity index (χ1v) is 6.90. The second-order valence-electron chi connectivity index (χ2n) is 6.21. The molecule has 0 spiro atoms. The van der Waals surface area contributed by atoms with E-state index in [4.69, 9.17) is 0 Å². The predicted octanol–water partition coefficient (Wildman–Crippen LogP) is 3.32. The Kier molecular flexibility index (Phi) is 5.83. The lowest BCUT2D eigenvalue weighted by Gasteiger charge is -2.34. The van der Waals surface area contributed by atoms with E-state index >= 15 is 0 Å². The molecule has 0 aliphatic rings. The monoisotopic (exact) mass is 248 g/mol. The SMILES string of the molecule is CCNCC(c1ccccc1)N(C)CC(C)(C)C. The van der Waals surface area contributed by atoms with Gasteiger partial charge in [-0.1, -0.05) is 58.0 Å². The lowest BCUT2D eigenvalue weighted by atomic mass is 9.94. The Morgan fingerprint density at radius 2 is 1.78 bits per heavy atom. The topological polar surface area (TPSA) is 15.3 Å². The van der Waals surface area contributed by atoms with Crippen molar-refractivity contribution in [2.24, 2.45) is 5.41 Å². The fourth-order valence-electron chi connectivity index (χ4n) is 2.34. The van der Waals surface area contributed by atoms with Crippen molar-refractivity contribution in [2.75, 3.05) is 26.7 Å². The van der Waals surface area contributed by atoms with Crippen LogP contribution in [0, 0.1) is 5.41 Å². The summed E-state index contributed by atoms with van der Waals surface area (Å²) in [7, 11) is 2.22. The smallest absolute Gasteiger partial charge is 0.0469 e. The van der Waals surface area contributed by atoms with Crippen molar-refractivity contribution in [1.29, 1.82) is 0 Å². The number of hydrogen-bond acceptors (Lipinski definition) is 2. The second kappa shape index (κ2) is 6.91. The van der Waals surface area contributed by atoms with Crippen LogP contribution in [0.1, 0.15) is 39.3 Å². The Hall–Kier alpha value is -0.860. The maximum Gasteiger partial charge on any atom is 0.0469 e. The highest BCUT2D eigenvalue weighted by molar-refractivity contribution is 5.19. The largest absolute Gasteiger partial charge is 0.315 e. The van der Waals surface area contributed by atoms with E-state index in [2.05, 4.69) is 75.3 Å². The lowest BCUT2D eigenvalue weighted by Crippen LogP contribution is -2.38. The third kappa shape index (κ3) is 5.19. The van der Waals surface area contributed by atoms with Crippen LogP contribution in [0.3, 0.4) is 0 Å². The normalized spacial score (nSPS) is 13.9. The summed E-state index contributed by atoms with van der Waals surface area (Å²) in [6.07, 6.45) is 0. The summed E-state index contributed by atoms with van der Waals surface area (Å²) in [4.78, 5) is 2.46. The summed E-state index contributed by atoms with van der Waals surface area (Å²) in [5.74, 6) is 0. The molecular formula is C16H28N2. The molecule has 18 heavy (non-hydrogen) atoms. The molecule has 1 aromatic rings. The molecule has 0 aromatic heterocycles. The van der Waals surface area contributed by atoms with Crippen LogP contribution >= 0.6 is 0 Å². The Bertz CT molecular complexity index is 327. The molecule has 0 aliphatic heterocycles. The van der Waals surface area contributed by atoms with Gasteiger partial charge in [0.15, 0.2) is 0 Å². The number of benzene rings is 1. The van der Waals surface area contributed by atoms with Gasteiger partial charge in [-0.2, -0.15) is 0 Å². The third-order valence-electron chi connectivity index (χ3n) is 3.03. The van der Waals surface area contributed by atoms with Gasteiger partial charge in [0.05, 0.1) is 0 Å². The molecule has 102 valence electrons. The van der Waals surface area contributed by atoms with Crippen LogP contribution in [-0.2, 0) is 0 Å². The van der Waals surface area contributed by atoms with Gasteiger partial charge in [0.25, 0.3) is 0 Å². The van der Waals surface area contributed by atoms with Gasteiger partial charge in [-0.15, -0.1) is 0 Å². The summed E-state index contributed by atoms with van der Waals surface area (Å²) in [5, 5.41) is 3.47. The first-order valence-electron chi connectivity index (χ1n) is 6.90. The average molecular weight is 248 g/mol. The van der Waals surface area contributed by atoms with Crippen molar-refractivity contribution >= 4 is 0 Å². The maximum atomic E-state index is 3.47. The molecule has 2 heteroatoms. The van der Waals surface area contributed by atoms with Crippen LogP contribution in [0.25, 0.3) is 0 Å². The molecule has 0 aliphatic carbocycles. The van der Waals surface area contributed by atoms with E-state index in [0.29, 0.717) is 11.5 Å². The molecule has 0 radical (unpaired) electrons. The number of nitrogens with one attached hydrogen (secondary N) is 1. The first kappa shape index (κ1) is 15.2. The van der Waals surface area contributed by atoms with Gasteiger partial charge < -0.3 is 5.32 Å². The van der Waals surface area contributed by atoms with Crippen molar-refractivity contribution < 1.29 is 0 Å². The number of rotatable bonds is 6. The van der Waals surface area contributed by atoms with Gasteiger partial charge in [-0.3, -0.25) is 4.90 Å². The van der Waals surface area contributed by atoms with Gasteiger partial charge in [0, 0.05) is 19.1 Å². The van der Waals surface area contributed by atoms with Crippen LogP contribution in [0.15, 0.2) is 30.3 Å².